The molecule has 1 N–H and O–H groups in total. The maximum Gasteiger partial charge on any atom is 0.307 e. The molecule has 90 valence electrons. The summed E-state index contributed by atoms with van der Waals surface area (Å²) in [6.45, 7) is 3.75. The highest BCUT2D eigenvalue weighted by molar-refractivity contribution is 5.73. The zero-order valence-electron chi connectivity index (χ0n) is 9.12. The van der Waals surface area contributed by atoms with Crippen molar-refractivity contribution in [2.24, 2.45) is 5.92 Å². The minimum Gasteiger partial charge on any atom is -0.481 e. The van der Waals surface area contributed by atoms with Crippen molar-refractivity contribution in [2.45, 2.75) is 18.8 Å². The third-order valence-corrected chi connectivity index (χ3v) is 3.18. The predicted molar refractivity (Wildman–Crippen MR) is 58.6 cm³/mol. The second-order valence-electron chi connectivity index (χ2n) is 4.38. The van der Waals surface area contributed by atoms with Gasteiger partial charge in [0.1, 0.15) is 11.6 Å². The van der Waals surface area contributed by atoms with Gasteiger partial charge in [-0.25, -0.2) is 8.78 Å². The number of carboxylic acid groups (broad SMARTS) is 1. The number of benzene rings is 1. The van der Waals surface area contributed by atoms with E-state index in [2.05, 4.69) is 6.58 Å². The second-order valence-corrected chi connectivity index (χ2v) is 4.38. The number of carbonyl (C=O) groups is 1. The van der Waals surface area contributed by atoms with E-state index in [1.165, 1.54) is 6.07 Å². The molecule has 0 aromatic heterocycles. The SMILES string of the molecule is C=C1C[C@@H](C(=O)O)[C@H](c2ccc(F)cc2F)C1. The molecule has 1 fully saturated rings. The highest BCUT2D eigenvalue weighted by Crippen LogP contribution is 2.43. The number of rotatable bonds is 2. The first-order valence-electron chi connectivity index (χ1n) is 5.33. The van der Waals surface area contributed by atoms with Crippen LogP contribution in [0.3, 0.4) is 0 Å². The van der Waals surface area contributed by atoms with Crippen LogP contribution in [0, 0.1) is 17.6 Å². The standard InChI is InChI=1S/C13H12F2O2/c1-7-4-10(11(5-7)13(16)17)9-3-2-8(14)6-12(9)15/h2-3,6,10-11H,1,4-5H2,(H,16,17)/t10-,11+/m0/s1. The van der Waals surface area contributed by atoms with E-state index in [0.717, 1.165) is 17.7 Å². The lowest BCUT2D eigenvalue weighted by molar-refractivity contribution is -0.141. The molecule has 0 radical (unpaired) electrons. The number of hydrogen-bond acceptors (Lipinski definition) is 1. The van der Waals surface area contributed by atoms with Crippen LogP contribution < -0.4 is 0 Å². The van der Waals surface area contributed by atoms with Crippen molar-refractivity contribution >= 4 is 5.97 Å². The fourth-order valence-electron chi connectivity index (χ4n) is 2.38. The van der Waals surface area contributed by atoms with Gasteiger partial charge in [-0.05, 0) is 24.5 Å². The first kappa shape index (κ1) is 11.8. The Balaban J connectivity index is 2.38. The van der Waals surface area contributed by atoms with E-state index in [-0.39, 0.29) is 5.56 Å². The zero-order valence-corrected chi connectivity index (χ0v) is 9.12. The maximum atomic E-state index is 13.6. The van der Waals surface area contributed by atoms with Gasteiger partial charge in [-0.1, -0.05) is 18.2 Å². The molecular formula is C13H12F2O2. The summed E-state index contributed by atoms with van der Waals surface area (Å²) in [7, 11) is 0. The maximum absolute atomic E-state index is 13.6. The van der Waals surface area contributed by atoms with Crippen molar-refractivity contribution in [3.8, 4) is 0 Å². The minimum atomic E-state index is -0.961. The first-order valence-corrected chi connectivity index (χ1v) is 5.33. The summed E-state index contributed by atoms with van der Waals surface area (Å²) < 4.78 is 26.4. The molecule has 0 heterocycles. The molecule has 2 atom stereocenters. The normalized spacial score (nSPS) is 24.0. The van der Waals surface area contributed by atoms with E-state index in [4.69, 9.17) is 5.11 Å². The molecule has 1 aliphatic rings. The molecule has 1 saturated carbocycles. The quantitative estimate of drug-likeness (QED) is 0.804. The summed E-state index contributed by atoms with van der Waals surface area (Å²) in [6, 6.07) is 3.26. The van der Waals surface area contributed by atoms with E-state index in [0.29, 0.717) is 12.8 Å². The van der Waals surface area contributed by atoms with Crippen molar-refractivity contribution in [3.63, 3.8) is 0 Å². The number of allylic oxidation sites excluding steroid dienone is 1. The van der Waals surface area contributed by atoms with Crippen LogP contribution in [0.15, 0.2) is 30.4 Å². The monoisotopic (exact) mass is 238 g/mol. The van der Waals surface area contributed by atoms with E-state index in [1.807, 2.05) is 0 Å². The lowest BCUT2D eigenvalue weighted by atomic mass is 9.88. The van der Waals surface area contributed by atoms with Gasteiger partial charge in [0.2, 0.25) is 0 Å². The highest BCUT2D eigenvalue weighted by atomic mass is 19.1. The van der Waals surface area contributed by atoms with E-state index < -0.39 is 29.4 Å². The lowest BCUT2D eigenvalue weighted by Crippen LogP contribution is -2.17. The van der Waals surface area contributed by atoms with Gasteiger partial charge in [0.25, 0.3) is 0 Å². The van der Waals surface area contributed by atoms with Gasteiger partial charge in [0, 0.05) is 12.0 Å². The molecule has 0 bridgehead atoms. The van der Waals surface area contributed by atoms with Crippen molar-refractivity contribution in [2.75, 3.05) is 0 Å². The summed E-state index contributed by atoms with van der Waals surface area (Å²) in [5.41, 5.74) is 1.06. The molecule has 1 aromatic carbocycles. The van der Waals surface area contributed by atoms with Gasteiger partial charge in [-0.3, -0.25) is 4.79 Å². The van der Waals surface area contributed by atoms with Crippen LogP contribution in [0.4, 0.5) is 8.78 Å². The topological polar surface area (TPSA) is 37.3 Å². The van der Waals surface area contributed by atoms with Crippen LogP contribution in [0.25, 0.3) is 0 Å². The zero-order chi connectivity index (χ0) is 12.6. The summed E-state index contributed by atoms with van der Waals surface area (Å²) in [5, 5.41) is 9.07. The number of aliphatic carboxylic acids is 1. The number of hydrogen-bond donors (Lipinski definition) is 1. The Labute approximate surface area is 97.6 Å². The van der Waals surface area contributed by atoms with Crippen LogP contribution >= 0.6 is 0 Å². The molecule has 0 aliphatic heterocycles. The minimum absolute atomic E-state index is 0.262. The fraction of sp³-hybridized carbons (Fsp3) is 0.308. The van der Waals surface area contributed by atoms with Crippen LogP contribution in [-0.2, 0) is 4.79 Å². The molecule has 1 aromatic rings. The molecular weight excluding hydrogens is 226 g/mol. The Morgan fingerprint density at radius 2 is 2.06 bits per heavy atom. The van der Waals surface area contributed by atoms with E-state index in [9.17, 15) is 13.6 Å². The van der Waals surface area contributed by atoms with Gasteiger partial charge in [-0.15, -0.1) is 0 Å². The van der Waals surface area contributed by atoms with E-state index in [1.54, 1.807) is 0 Å². The average Bonchev–Trinajstić information content (AvgIpc) is 2.60. The summed E-state index contributed by atoms with van der Waals surface area (Å²) in [6.07, 6.45) is 0.802. The number of halogens is 2. The Kier molecular flexibility index (Phi) is 2.96. The Hall–Kier alpha value is -1.71. The highest BCUT2D eigenvalue weighted by Gasteiger charge is 2.37. The van der Waals surface area contributed by atoms with Gasteiger partial charge in [0.15, 0.2) is 0 Å². The second kappa shape index (κ2) is 4.28. The average molecular weight is 238 g/mol. The summed E-state index contributed by atoms with van der Waals surface area (Å²) in [5.74, 6) is -3.41. The summed E-state index contributed by atoms with van der Waals surface area (Å²) in [4.78, 5) is 11.1. The van der Waals surface area contributed by atoms with E-state index >= 15 is 0 Å². The van der Waals surface area contributed by atoms with Crippen molar-refractivity contribution in [3.05, 3.63) is 47.5 Å². The largest absolute Gasteiger partial charge is 0.481 e. The van der Waals surface area contributed by atoms with Crippen LogP contribution in [0.2, 0.25) is 0 Å². The third-order valence-electron chi connectivity index (χ3n) is 3.18. The van der Waals surface area contributed by atoms with Crippen LogP contribution in [0.5, 0.6) is 0 Å². The molecule has 0 saturated heterocycles. The Morgan fingerprint density at radius 3 is 2.65 bits per heavy atom. The van der Waals surface area contributed by atoms with Gasteiger partial charge in [-0.2, -0.15) is 0 Å². The third kappa shape index (κ3) is 2.20. The molecule has 0 amide bonds. The molecule has 0 spiro atoms. The smallest absolute Gasteiger partial charge is 0.307 e. The van der Waals surface area contributed by atoms with Crippen molar-refractivity contribution in [1.29, 1.82) is 0 Å². The van der Waals surface area contributed by atoms with Crippen LogP contribution in [0.1, 0.15) is 24.3 Å². The number of carboxylic acids is 1. The molecule has 1 aliphatic carbocycles. The summed E-state index contributed by atoms with van der Waals surface area (Å²) >= 11 is 0. The fourth-order valence-corrected chi connectivity index (χ4v) is 2.38. The Bertz CT molecular complexity index is 482. The predicted octanol–water partition coefficient (Wildman–Crippen LogP) is 3.10. The van der Waals surface area contributed by atoms with Gasteiger partial charge in [0.05, 0.1) is 5.92 Å². The first-order chi connectivity index (χ1) is 7.99. The molecule has 4 heteroatoms. The van der Waals surface area contributed by atoms with Crippen LogP contribution in [-0.4, -0.2) is 11.1 Å². The Morgan fingerprint density at radius 1 is 1.35 bits per heavy atom. The van der Waals surface area contributed by atoms with Crippen molar-refractivity contribution < 1.29 is 18.7 Å². The molecule has 0 unspecified atom stereocenters. The van der Waals surface area contributed by atoms with Gasteiger partial charge >= 0.3 is 5.97 Å². The lowest BCUT2D eigenvalue weighted by Gasteiger charge is -2.16. The van der Waals surface area contributed by atoms with Gasteiger partial charge < -0.3 is 5.11 Å². The molecule has 2 nitrogen and oxygen atoms in total. The molecule has 2 rings (SSSR count). The van der Waals surface area contributed by atoms with Crippen molar-refractivity contribution in [1.82, 2.24) is 0 Å². The molecule has 17 heavy (non-hydrogen) atoms.